The third kappa shape index (κ3) is 9.37. The summed E-state index contributed by atoms with van der Waals surface area (Å²) >= 11 is 1.22. The molecule has 10 nitrogen and oxygen atoms in total. The molecule has 2 rings (SSSR count). The minimum absolute atomic E-state index is 0.167. The lowest BCUT2D eigenvalue weighted by Gasteiger charge is -2.25. The molecule has 1 aromatic rings. The van der Waals surface area contributed by atoms with Crippen molar-refractivity contribution in [3.8, 4) is 0 Å². The van der Waals surface area contributed by atoms with E-state index < -0.39 is 74.0 Å². The van der Waals surface area contributed by atoms with Crippen molar-refractivity contribution in [3.05, 3.63) is 21.9 Å². The average Bonchev–Trinajstić information content (AvgIpc) is 3.40. The second-order valence-electron chi connectivity index (χ2n) is 8.26. The first kappa shape index (κ1) is 30.1. The summed E-state index contributed by atoms with van der Waals surface area (Å²) in [7, 11) is 0. The Morgan fingerprint density at radius 1 is 1.11 bits per heavy atom. The molecule has 1 aliphatic rings. The lowest BCUT2D eigenvalue weighted by Crippen LogP contribution is -2.57. The number of carbonyl (C=O) groups is 3. The van der Waals surface area contributed by atoms with E-state index in [1.165, 1.54) is 25.2 Å². The first-order chi connectivity index (χ1) is 16.8. The number of nitrogens with one attached hydrogen (secondary N) is 3. The predicted octanol–water partition coefficient (Wildman–Crippen LogP) is 1.22. The van der Waals surface area contributed by atoms with E-state index in [0.29, 0.717) is 4.88 Å². The number of halogens is 4. The van der Waals surface area contributed by atoms with Crippen LogP contribution in [0.25, 0.3) is 0 Å². The van der Waals surface area contributed by atoms with Crippen LogP contribution < -0.4 is 16.0 Å². The van der Waals surface area contributed by atoms with Crippen LogP contribution in [0.4, 0.5) is 17.6 Å². The van der Waals surface area contributed by atoms with Crippen molar-refractivity contribution in [1.82, 2.24) is 16.0 Å². The van der Waals surface area contributed by atoms with Crippen LogP contribution in [0.2, 0.25) is 0 Å². The van der Waals surface area contributed by atoms with Crippen molar-refractivity contribution in [2.24, 2.45) is 0 Å². The molecule has 0 aromatic carbocycles. The number of epoxide rings is 1. The van der Waals surface area contributed by atoms with Crippen molar-refractivity contribution in [1.29, 1.82) is 0 Å². The highest BCUT2D eigenvalue weighted by Gasteiger charge is 2.49. The van der Waals surface area contributed by atoms with Gasteiger partial charge in [-0.3, -0.25) is 19.7 Å². The Morgan fingerprint density at radius 2 is 1.72 bits per heavy atom. The number of alkyl halides is 4. The van der Waals surface area contributed by atoms with Crippen LogP contribution in [0.3, 0.4) is 0 Å². The first-order valence-electron chi connectivity index (χ1n) is 10.9. The summed E-state index contributed by atoms with van der Waals surface area (Å²) in [6.45, 7) is -3.05. The monoisotopic (exact) mass is 543 g/mol. The lowest BCUT2D eigenvalue weighted by atomic mass is 10.0. The number of aryl methyl sites for hydroxylation is 1. The number of amides is 2. The molecule has 0 saturated carbocycles. The zero-order valence-electron chi connectivity index (χ0n) is 19.8. The van der Waals surface area contributed by atoms with Gasteiger partial charge in [0, 0.05) is 9.75 Å². The summed E-state index contributed by atoms with van der Waals surface area (Å²) in [6.07, 6.45) is -1.72. The molecular weight excluding hydrogens is 514 g/mol. The fourth-order valence-corrected chi connectivity index (χ4v) is 3.97. The van der Waals surface area contributed by atoms with Gasteiger partial charge in [-0.25, -0.2) is 0 Å². The van der Waals surface area contributed by atoms with Crippen LogP contribution >= 0.6 is 11.3 Å². The van der Waals surface area contributed by atoms with Gasteiger partial charge in [0.1, 0.15) is 17.9 Å². The van der Waals surface area contributed by atoms with Crippen LogP contribution in [0.1, 0.15) is 36.3 Å². The minimum Gasteiger partial charge on any atom is -0.373 e. The topological polar surface area (TPSA) is 139 Å². The minimum atomic E-state index is -3.26. The largest absolute Gasteiger partial charge is 0.373 e. The van der Waals surface area contributed by atoms with Gasteiger partial charge in [0.05, 0.1) is 31.9 Å². The molecule has 0 aliphatic carbocycles. The van der Waals surface area contributed by atoms with Crippen LogP contribution in [-0.2, 0) is 28.6 Å². The molecule has 15 heteroatoms. The van der Waals surface area contributed by atoms with Gasteiger partial charge < -0.3 is 30.0 Å². The predicted molar refractivity (Wildman–Crippen MR) is 118 cm³/mol. The molecule has 4 N–H and O–H groups in total. The van der Waals surface area contributed by atoms with Gasteiger partial charge in [-0.2, -0.15) is 17.6 Å². The molecule has 0 spiro atoms. The molecule has 4 unspecified atom stereocenters. The first-order valence-corrected chi connectivity index (χ1v) is 11.7. The SMILES string of the molecule is Cc1ccc(C(O)NC(CCOC(F)F)C(=O)N[C@@H](COC(F)F)C(=O)NC(C)C(=O)C2(C)CO2)s1. The molecule has 1 aromatic heterocycles. The summed E-state index contributed by atoms with van der Waals surface area (Å²) in [5.41, 5.74) is -1.05. The van der Waals surface area contributed by atoms with E-state index in [0.717, 1.165) is 4.88 Å². The van der Waals surface area contributed by atoms with Crippen LogP contribution in [-0.4, -0.2) is 79.5 Å². The Balaban J connectivity index is 2.10. The van der Waals surface area contributed by atoms with Crippen molar-refractivity contribution in [3.63, 3.8) is 0 Å². The zero-order valence-corrected chi connectivity index (χ0v) is 20.6. The van der Waals surface area contributed by atoms with E-state index in [1.807, 2.05) is 0 Å². The highest BCUT2D eigenvalue weighted by Crippen LogP contribution is 2.28. The van der Waals surface area contributed by atoms with E-state index in [1.54, 1.807) is 19.1 Å². The molecule has 1 saturated heterocycles. The molecule has 1 fully saturated rings. The molecule has 5 atom stereocenters. The maximum atomic E-state index is 12.9. The highest BCUT2D eigenvalue weighted by atomic mass is 32.1. The Hall–Kier alpha value is -2.17. The van der Waals surface area contributed by atoms with Crippen LogP contribution in [0, 0.1) is 6.92 Å². The van der Waals surface area contributed by atoms with Gasteiger partial charge >= 0.3 is 13.2 Å². The van der Waals surface area contributed by atoms with E-state index in [-0.39, 0.29) is 13.0 Å². The van der Waals surface area contributed by atoms with Gasteiger partial charge in [0.15, 0.2) is 5.78 Å². The number of aliphatic hydroxyl groups excluding tert-OH is 1. The quantitative estimate of drug-likeness (QED) is 0.139. The molecule has 204 valence electrons. The number of carbonyl (C=O) groups excluding carboxylic acids is 3. The molecule has 0 radical (unpaired) electrons. The number of ketones is 1. The fourth-order valence-electron chi connectivity index (χ4n) is 3.15. The van der Waals surface area contributed by atoms with Gasteiger partial charge in [-0.15, -0.1) is 11.3 Å². The van der Waals surface area contributed by atoms with Gasteiger partial charge in [-0.05, 0) is 39.3 Å². The molecule has 0 bridgehead atoms. The Morgan fingerprint density at radius 3 is 2.25 bits per heavy atom. The van der Waals surface area contributed by atoms with Gasteiger partial charge in [-0.1, -0.05) is 0 Å². The maximum Gasteiger partial charge on any atom is 0.345 e. The number of aliphatic hydroxyl groups is 1. The summed E-state index contributed by atoms with van der Waals surface area (Å²) in [4.78, 5) is 39.2. The van der Waals surface area contributed by atoms with Gasteiger partial charge in [0.2, 0.25) is 11.8 Å². The number of Topliss-reactive ketones (excluding diaryl/α,β-unsaturated/α-hetero) is 1. The average molecular weight is 544 g/mol. The summed E-state index contributed by atoms with van der Waals surface area (Å²) in [5.74, 6) is -2.42. The smallest absolute Gasteiger partial charge is 0.345 e. The molecule has 1 aliphatic heterocycles. The standard InChI is InChI=1S/C21H29F4N3O7S/c1-10-4-5-14(36-10)18(32)27-12(6-7-33-19(22)23)16(30)28-13(8-34-20(24)25)17(31)26-11(2)15(29)21(3)9-35-21/h4-5,11-13,18-20,27,32H,6-9H2,1-3H3,(H,26,31)(H,28,30)/t11?,12?,13-,18?,21?/m0/s1. The van der Waals surface area contributed by atoms with Crippen molar-refractivity contribution >= 4 is 28.9 Å². The molecule has 2 heterocycles. The van der Waals surface area contributed by atoms with Gasteiger partial charge in [0.25, 0.3) is 0 Å². The van der Waals surface area contributed by atoms with E-state index in [2.05, 4.69) is 25.4 Å². The highest BCUT2D eigenvalue weighted by molar-refractivity contribution is 7.11. The van der Waals surface area contributed by atoms with Crippen molar-refractivity contribution < 1.29 is 51.3 Å². The maximum absolute atomic E-state index is 12.9. The van der Waals surface area contributed by atoms with E-state index >= 15 is 0 Å². The molecule has 2 amide bonds. The Kier molecular flexibility index (Phi) is 11.2. The summed E-state index contributed by atoms with van der Waals surface area (Å²) in [5, 5.41) is 17.5. The Labute approximate surface area is 208 Å². The second-order valence-corrected chi connectivity index (χ2v) is 9.58. The van der Waals surface area contributed by atoms with E-state index in [4.69, 9.17) is 4.74 Å². The number of thiophene rings is 1. The molecule has 36 heavy (non-hydrogen) atoms. The number of ether oxygens (including phenoxy) is 3. The summed E-state index contributed by atoms with van der Waals surface area (Å²) < 4.78 is 63.5. The second kappa shape index (κ2) is 13.4. The summed E-state index contributed by atoms with van der Waals surface area (Å²) in [6, 6.07) is -0.778. The number of hydrogen-bond donors (Lipinski definition) is 4. The van der Waals surface area contributed by atoms with Crippen molar-refractivity contribution in [2.75, 3.05) is 19.8 Å². The third-order valence-electron chi connectivity index (χ3n) is 5.23. The van der Waals surface area contributed by atoms with Crippen LogP contribution in [0.15, 0.2) is 12.1 Å². The van der Waals surface area contributed by atoms with E-state index in [9.17, 15) is 37.1 Å². The normalized spacial score (nSPS) is 20.6. The van der Waals surface area contributed by atoms with Crippen molar-refractivity contribution in [2.45, 2.75) is 70.4 Å². The molecular formula is C21H29F4N3O7S. The number of hydrogen-bond acceptors (Lipinski definition) is 9. The zero-order chi connectivity index (χ0) is 27.0. The lowest BCUT2D eigenvalue weighted by molar-refractivity contribution is -0.149. The number of rotatable bonds is 16. The fraction of sp³-hybridized carbons (Fsp3) is 0.667. The Bertz CT molecular complexity index is 901. The van der Waals surface area contributed by atoms with Crippen LogP contribution in [0.5, 0.6) is 0 Å². The third-order valence-corrected chi connectivity index (χ3v) is 6.28.